The lowest BCUT2D eigenvalue weighted by molar-refractivity contribution is 0.0949. The maximum Gasteiger partial charge on any atom is 0.255 e. The molecule has 29 heavy (non-hydrogen) atoms. The van der Waals surface area contributed by atoms with Gasteiger partial charge < -0.3 is 5.32 Å². The van der Waals surface area contributed by atoms with E-state index in [0.717, 1.165) is 52.1 Å². The number of aryl methyl sites for hydroxylation is 2. The molecule has 1 aliphatic carbocycles. The van der Waals surface area contributed by atoms with Gasteiger partial charge >= 0.3 is 0 Å². The van der Waals surface area contributed by atoms with Crippen LogP contribution in [0.3, 0.4) is 0 Å². The third-order valence-electron chi connectivity index (χ3n) is 5.00. The number of hydrogen-bond acceptors (Lipinski definition) is 6. The molecule has 1 aliphatic rings. The summed E-state index contributed by atoms with van der Waals surface area (Å²) in [6.45, 7) is 4.49. The summed E-state index contributed by atoms with van der Waals surface area (Å²) < 4.78 is 0. The fraction of sp³-hybridized carbons (Fsp3) is 0.364. The maximum atomic E-state index is 12.8. The van der Waals surface area contributed by atoms with Crippen molar-refractivity contribution in [2.75, 3.05) is 12.8 Å². The van der Waals surface area contributed by atoms with E-state index in [0.29, 0.717) is 18.0 Å². The SMILES string of the molecule is CSc1nc(C2CC2)nc(C)c1C(=O)NCCc1ccc(-c2csc(C)n2)cc1. The van der Waals surface area contributed by atoms with Gasteiger partial charge in [-0.1, -0.05) is 24.3 Å². The van der Waals surface area contributed by atoms with Crippen LogP contribution in [0.2, 0.25) is 0 Å². The van der Waals surface area contributed by atoms with Crippen LogP contribution in [-0.2, 0) is 6.42 Å². The molecule has 0 radical (unpaired) electrons. The Morgan fingerprint density at radius 3 is 2.55 bits per heavy atom. The molecule has 1 amide bonds. The highest BCUT2D eigenvalue weighted by molar-refractivity contribution is 7.98. The average molecular weight is 425 g/mol. The summed E-state index contributed by atoms with van der Waals surface area (Å²) in [5.41, 5.74) is 4.70. The van der Waals surface area contributed by atoms with Crippen molar-refractivity contribution in [2.24, 2.45) is 0 Å². The lowest BCUT2D eigenvalue weighted by Gasteiger charge is -2.12. The minimum atomic E-state index is -0.0937. The fourth-order valence-electron chi connectivity index (χ4n) is 3.25. The molecule has 4 rings (SSSR count). The van der Waals surface area contributed by atoms with Crippen LogP contribution >= 0.6 is 23.1 Å². The van der Waals surface area contributed by atoms with Crippen molar-refractivity contribution in [2.45, 2.75) is 44.1 Å². The van der Waals surface area contributed by atoms with E-state index in [4.69, 9.17) is 0 Å². The Hall–Kier alpha value is -2.25. The predicted octanol–water partition coefficient (Wildman–Crippen LogP) is 4.79. The number of nitrogens with zero attached hydrogens (tertiary/aromatic N) is 3. The lowest BCUT2D eigenvalue weighted by atomic mass is 10.1. The van der Waals surface area contributed by atoms with Crippen LogP contribution in [0, 0.1) is 13.8 Å². The number of carbonyl (C=O) groups excluding carboxylic acids is 1. The van der Waals surface area contributed by atoms with E-state index in [9.17, 15) is 4.79 Å². The molecule has 1 aromatic carbocycles. The summed E-state index contributed by atoms with van der Waals surface area (Å²) in [5.74, 6) is 1.27. The summed E-state index contributed by atoms with van der Waals surface area (Å²) in [6, 6.07) is 8.38. The molecular weight excluding hydrogens is 400 g/mol. The van der Waals surface area contributed by atoms with Crippen LogP contribution in [0.5, 0.6) is 0 Å². The average Bonchev–Trinajstić information content (AvgIpc) is 3.48. The molecule has 0 unspecified atom stereocenters. The number of thiazole rings is 1. The quantitative estimate of drug-likeness (QED) is 0.436. The molecule has 3 aromatic rings. The summed E-state index contributed by atoms with van der Waals surface area (Å²) in [7, 11) is 0. The van der Waals surface area contributed by atoms with E-state index in [1.165, 1.54) is 17.3 Å². The van der Waals surface area contributed by atoms with Crippen molar-refractivity contribution in [3.05, 3.63) is 57.3 Å². The number of hydrogen-bond donors (Lipinski definition) is 1. The molecule has 1 fully saturated rings. The monoisotopic (exact) mass is 424 g/mol. The smallest absolute Gasteiger partial charge is 0.255 e. The first-order chi connectivity index (χ1) is 14.0. The van der Waals surface area contributed by atoms with Crippen molar-refractivity contribution in [3.63, 3.8) is 0 Å². The third kappa shape index (κ3) is 4.67. The minimum Gasteiger partial charge on any atom is -0.352 e. The van der Waals surface area contributed by atoms with Gasteiger partial charge in [0.2, 0.25) is 0 Å². The van der Waals surface area contributed by atoms with Crippen molar-refractivity contribution in [1.29, 1.82) is 0 Å². The van der Waals surface area contributed by atoms with Gasteiger partial charge in [0.1, 0.15) is 10.9 Å². The highest BCUT2D eigenvalue weighted by atomic mass is 32.2. The van der Waals surface area contributed by atoms with Crippen molar-refractivity contribution < 1.29 is 4.79 Å². The molecule has 2 aromatic heterocycles. The summed E-state index contributed by atoms with van der Waals surface area (Å²) >= 11 is 3.17. The zero-order chi connectivity index (χ0) is 20.4. The summed E-state index contributed by atoms with van der Waals surface area (Å²) in [4.78, 5) is 26.5. The van der Waals surface area contributed by atoms with E-state index in [-0.39, 0.29) is 5.91 Å². The van der Waals surface area contributed by atoms with Crippen LogP contribution in [0.15, 0.2) is 34.7 Å². The molecule has 5 nitrogen and oxygen atoms in total. The van der Waals surface area contributed by atoms with Gasteiger partial charge in [-0.3, -0.25) is 4.79 Å². The van der Waals surface area contributed by atoms with Crippen molar-refractivity contribution in [3.8, 4) is 11.3 Å². The Labute approximate surface area is 179 Å². The maximum absolute atomic E-state index is 12.8. The van der Waals surface area contributed by atoms with Gasteiger partial charge in [-0.05, 0) is 44.9 Å². The van der Waals surface area contributed by atoms with Gasteiger partial charge in [0.15, 0.2) is 0 Å². The molecule has 7 heteroatoms. The molecule has 2 heterocycles. The second kappa shape index (κ2) is 8.63. The first-order valence-electron chi connectivity index (χ1n) is 9.77. The van der Waals surface area contributed by atoms with E-state index in [1.807, 2.05) is 20.1 Å². The number of benzene rings is 1. The number of thioether (sulfide) groups is 1. The van der Waals surface area contributed by atoms with Gasteiger partial charge in [-0.25, -0.2) is 15.0 Å². The van der Waals surface area contributed by atoms with E-state index in [2.05, 4.69) is 49.9 Å². The molecule has 1 saturated carbocycles. The van der Waals surface area contributed by atoms with Crippen LogP contribution in [0.25, 0.3) is 11.3 Å². The van der Waals surface area contributed by atoms with Gasteiger partial charge in [0.25, 0.3) is 5.91 Å². The molecule has 0 spiro atoms. The Morgan fingerprint density at radius 1 is 1.17 bits per heavy atom. The molecule has 150 valence electrons. The zero-order valence-electron chi connectivity index (χ0n) is 16.9. The number of nitrogens with one attached hydrogen (secondary N) is 1. The Balaban J connectivity index is 1.37. The van der Waals surface area contributed by atoms with E-state index >= 15 is 0 Å². The molecule has 1 N–H and O–H groups in total. The topological polar surface area (TPSA) is 67.8 Å². The van der Waals surface area contributed by atoms with Crippen molar-refractivity contribution >= 4 is 29.0 Å². The molecule has 0 aliphatic heterocycles. The first kappa shape index (κ1) is 20.0. The highest BCUT2D eigenvalue weighted by Crippen LogP contribution is 2.39. The summed E-state index contributed by atoms with van der Waals surface area (Å²) in [6.07, 6.45) is 5.04. The lowest BCUT2D eigenvalue weighted by Crippen LogP contribution is -2.28. The number of amides is 1. The fourth-order valence-corrected chi connectivity index (χ4v) is 4.50. The van der Waals surface area contributed by atoms with E-state index in [1.54, 1.807) is 11.3 Å². The second-order valence-electron chi connectivity index (χ2n) is 7.28. The predicted molar refractivity (Wildman–Crippen MR) is 119 cm³/mol. The summed E-state index contributed by atoms with van der Waals surface area (Å²) in [5, 5.41) is 6.96. The van der Waals surface area contributed by atoms with Gasteiger partial charge in [0.05, 0.1) is 22.0 Å². The van der Waals surface area contributed by atoms with Gasteiger partial charge in [-0.15, -0.1) is 23.1 Å². The number of rotatable bonds is 7. The molecule has 0 saturated heterocycles. The van der Waals surface area contributed by atoms with E-state index < -0.39 is 0 Å². The molecule has 0 bridgehead atoms. The Morgan fingerprint density at radius 2 is 1.93 bits per heavy atom. The number of carbonyl (C=O) groups is 1. The van der Waals surface area contributed by atoms with Gasteiger partial charge in [-0.2, -0.15) is 0 Å². The highest BCUT2D eigenvalue weighted by Gasteiger charge is 2.29. The molecular formula is C22H24N4OS2. The zero-order valence-corrected chi connectivity index (χ0v) is 18.5. The van der Waals surface area contributed by atoms with Crippen molar-refractivity contribution in [1.82, 2.24) is 20.3 Å². The van der Waals surface area contributed by atoms with Crippen LogP contribution < -0.4 is 5.32 Å². The largest absolute Gasteiger partial charge is 0.352 e. The Kier molecular flexibility index (Phi) is 5.96. The first-order valence-corrected chi connectivity index (χ1v) is 11.9. The Bertz CT molecular complexity index is 1030. The molecule has 0 atom stereocenters. The van der Waals surface area contributed by atoms with Crippen LogP contribution in [0.4, 0.5) is 0 Å². The van der Waals surface area contributed by atoms with Crippen LogP contribution in [-0.4, -0.2) is 33.7 Å². The van der Waals surface area contributed by atoms with Crippen LogP contribution in [0.1, 0.15) is 51.2 Å². The second-order valence-corrected chi connectivity index (χ2v) is 9.14. The minimum absolute atomic E-state index is 0.0937. The number of aromatic nitrogens is 3. The third-order valence-corrected chi connectivity index (χ3v) is 6.46. The standard InChI is InChI=1S/C22H24N4OS2/c1-13-19(22(28-3)26-20(24-13)17-8-9-17)21(27)23-11-10-15-4-6-16(7-5-15)18-12-29-14(2)25-18/h4-7,12,17H,8-11H2,1-3H3,(H,23,27). The normalized spacial score (nSPS) is 13.5. The van der Waals surface area contributed by atoms with Gasteiger partial charge in [0, 0.05) is 23.4 Å².